The van der Waals surface area contributed by atoms with E-state index in [1.165, 1.54) is 25.3 Å². The van der Waals surface area contributed by atoms with Gasteiger partial charge in [0.05, 0.1) is 17.5 Å². The second-order valence-corrected chi connectivity index (χ2v) is 7.84. The number of rotatable bonds is 4. The van der Waals surface area contributed by atoms with Gasteiger partial charge in [-0.1, -0.05) is 36.4 Å². The summed E-state index contributed by atoms with van der Waals surface area (Å²) in [5.41, 5.74) is 0.914. The summed E-state index contributed by atoms with van der Waals surface area (Å²) in [4.78, 5) is 24.8. The van der Waals surface area contributed by atoms with Crippen LogP contribution in [0.5, 0.6) is 0 Å². The maximum atomic E-state index is 12.7. The van der Waals surface area contributed by atoms with E-state index in [9.17, 15) is 18.0 Å². The van der Waals surface area contributed by atoms with Crippen LogP contribution in [0.1, 0.15) is 16.1 Å². The van der Waals surface area contributed by atoms with Gasteiger partial charge in [-0.15, -0.1) is 0 Å². The average Bonchev–Trinajstić information content (AvgIpc) is 3.05. The Hall–Kier alpha value is -3.13. The number of nitrogens with zero attached hydrogens (tertiary/aromatic N) is 1. The number of carbonyl (C=O) groups is 2. The third-order valence-corrected chi connectivity index (χ3v) is 5.14. The highest BCUT2D eigenvalue weighted by Gasteiger charge is 2.25. The van der Waals surface area contributed by atoms with Gasteiger partial charge in [-0.2, -0.15) is 0 Å². The predicted molar refractivity (Wildman–Crippen MR) is 98.4 cm³/mol. The molecular weight excluding hydrogens is 370 g/mol. The number of benzene rings is 2. The number of sulfone groups is 1. The van der Waals surface area contributed by atoms with Crippen molar-refractivity contribution in [2.75, 3.05) is 13.4 Å². The second-order valence-electron chi connectivity index (χ2n) is 5.86. The lowest BCUT2D eigenvalue weighted by Gasteiger charge is -2.09. The molecule has 2 aromatic carbocycles. The highest BCUT2D eigenvalue weighted by molar-refractivity contribution is 7.91. The first kappa shape index (κ1) is 18.7. The smallest absolute Gasteiger partial charge is 0.419 e. The third-order valence-electron chi connectivity index (χ3n) is 3.99. The molecular formula is C19H17NO6S. The fourth-order valence-corrected chi connectivity index (χ4v) is 3.65. The van der Waals surface area contributed by atoms with Gasteiger partial charge in [0.2, 0.25) is 0 Å². The number of hydrogen-bond acceptors (Lipinski definition) is 6. The van der Waals surface area contributed by atoms with Crippen molar-refractivity contribution in [2.45, 2.75) is 11.5 Å². The Kier molecular flexibility index (Phi) is 5.00. The first-order chi connectivity index (χ1) is 12.8. The summed E-state index contributed by atoms with van der Waals surface area (Å²) in [6.07, 6.45) is 0.255. The van der Waals surface area contributed by atoms with Gasteiger partial charge in [-0.05, 0) is 23.8 Å². The Bertz CT molecular complexity index is 1120. The van der Waals surface area contributed by atoms with E-state index in [2.05, 4.69) is 0 Å². The van der Waals surface area contributed by atoms with Crippen LogP contribution in [0.15, 0.2) is 59.5 Å². The zero-order valence-electron chi connectivity index (χ0n) is 14.7. The molecule has 0 spiro atoms. The van der Waals surface area contributed by atoms with Gasteiger partial charge in [0, 0.05) is 11.6 Å². The molecule has 0 N–H and O–H groups in total. The minimum Gasteiger partial charge on any atom is -0.464 e. The van der Waals surface area contributed by atoms with E-state index in [0.717, 1.165) is 16.4 Å². The minimum atomic E-state index is -3.56. The molecule has 27 heavy (non-hydrogen) atoms. The van der Waals surface area contributed by atoms with Crippen LogP contribution in [-0.2, 0) is 25.9 Å². The van der Waals surface area contributed by atoms with Gasteiger partial charge >= 0.3 is 12.1 Å². The minimum absolute atomic E-state index is 0.00568. The fraction of sp³-hybridized carbons (Fsp3) is 0.158. The van der Waals surface area contributed by atoms with Crippen LogP contribution < -0.4 is 0 Å². The average molecular weight is 387 g/mol. The van der Waals surface area contributed by atoms with Crippen molar-refractivity contribution in [1.29, 1.82) is 0 Å². The summed E-state index contributed by atoms with van der Waals surface area (Å²) in [6.45, 7) is 0.00568. The summed E-state index contributed by atoms with van der Waals surface area (Å²) in [5, 5.41) is 0.247. The molecule has 0 fully saturated rings. The summed E-state index contributed by atoms with van der Waals surface area (Å²) < 4.78 is 35.2. The zero-order chi connectivity index (χ0) is 19.6. The summed E-state index contributed by atoms with van der Waals surface area (Å²) in [6, 6.07) is 14.8. The van der Waals surface area contributed by atoms with Gasteiger partial charge in [0.1, 0.15) is 12.3 Å². The maximum absolute atomic E-state index is 12.7. The third kappa shape index (κ3) is 3.70. The van der Waals surface area contributed by atoms with E-state index in [0.29, 0.717) is 0 Å². The monoisotopic (exact) mass is 387 g/mol. The Labute approximate surface area is 156 Å². The molecule has 0 atom stereocenters. The number of ether oxygens (including phenoxy) is 2. The lowest BCUT2D eigenvalue weighted by atomic mass is 10.2. The van der Waals surface area contributed by atoms with Crippen LogP contribution in [-0.4, -0.2) is 38.4 Å². The SMILES string of the molecule is COC(=O)c1cc2c(S(C)(=O)=O)cccc2n1C(=O)OCc1ccccc1. The molecule has 140 valence electrons. The molecule has 0 amide bonds. The van der Waals surface area contributed by atoms with Crippen LogP contribution in [0.3, 0.4) is 0 Å². The molecule has 3 aromatic rings. The van der Waals surface area contributed by atoms with Crippen molar-refractivity contribution in [2.24, 2.45) is 0 Å². The topological polar surface area (TPSA) is 91.7 Å². The molecule has 0 unspecified atom stereocenters. The van der Waals surface area contributed by atoms with Crippen molar-refractivity contribution in [3.63, 3.8) is 0 Å². The molecule has 1 aromatic heterocycles. The summed E-state index contributed by atoms with van der Waals surface area (Å²) in [5.74, 6) is -0.776. The van der Waals surface area contributed by atoms with E-state index in [1.54, 1.807) is 18.2 Å². The molecule has 0 saturated heterocycles. The van der Waals surface area contributed by atoms with E-state index >= 15 is 0 Å². The Balaban J connectivity index is 2.09. The lowest BCUT2D eigenvalue weighted by molar-refractivity contribution is 0.0585. The standard InChI is InChI=1S/C19H17NO6S/c1-25-18(21)16-11-14-15(9-6-10-17(14)27(2,23)24)20(16)19(22)26-12-13-7-4-3-5-8-13/h3-11H,12H2,1-2H3. The molecule has 0 saturated carbocycles. The largest absolute Gasteiger partial charge is 0.464 e. The van der Waals surface area contributed by atoms with Crippen LogP contribution in [0.25, 0.3) is 10.9 Å². The number of fused-ring (bicyclic) bond motifs is 1. The molecule has 0 bridgehead atoms. The number of methoxy groups -OCH3 is 1. The van der Waals surface area contributed by atoms with Crippen molar-refractivity contribution in [1.82, 2.24) is 4.57 Å². The highest BCUT2D eigenvalue weighted by atomic mass is 32.2. The van der Waals surface area contributed by atoms with E-state index < -0.39 is 21.9 Å². The second kappa shape index (κ2) is 7.24. The quantitative estimate of drug-likeness (QED) is 0.639. The van der Waals surface area contributed by atoms with Crippen LogP contribution in [0.2, 0.25) is 0 Å². The predicted octanol–water partition coefficient (Wildman–Crippen LogP) is 3.02. The van der Waals surface area contributed by atoms with Gasteiger partial charge in [0.15, 0.2) is 9.84 Å². The zero-order valence-corrected chi connectivity index (χ0v) is 15.5. The Morgan fingerprint density at radius 2 is 1.74 bits per heavy atom. The first-order valence-corrected chi connectivity index (χ1v) is 9.86. The lowest BCUT2D eigenvalue weighted by Crippen LogP contribution is -2.19. The molecule has 8 heteroatoms. The maximum Gasteiger partial charge on any atom is 0.419 e. The number of carbonyl (C=O) groups excluding carboxylic acids is 2. The van der Waals surface area contributed by atoms with Crippen molar-refractivity contribution in [3.8, 4) is 0 Å². The molecule has 0 aliphatic carbocycles. The Morgan fingerprint density at radius 1 is 1.04 bits per heavy atom. The normalized spacial score (nSPS) is 11.3. The van der Waals surface area contributed by atoms with Gasteiger partial charge in [-0.25, -0.2) is 22.6 Å². The van der Waals surface area contributed by atoms with E-state index in [1.807, 2.05) is 18.2 Å². The molecule has 0 aliphatic rings. The summed E-state index contributed by atoms with van der Waals surface area (Å²) >= 11 is 0. The van der Waals surface area contributed by atoms with Gasteiger partial charge in [-0.3, -0.25) is 0 Å². The van der Waals surface area contributed by atoms with Gasteiger partial charge in [0.25, 0.3) is 0 Å². The summed E-state index contributed by atoms with van der Waals surface area (Å²) in [7, 11) is -2.39. The van der Waals surface area contributed by atoms with Crippen molar-refractivity contribution in [3.05, 3.63) is 65.9 Å². The van der Waals surface area contributed by atoms with E-state index in [4.69, 9.17) is 9.47 Å². The first-order valence-electron chi connectivity index (χ1n) is 7.97. The molecule has 1 heterocycles. The number of hydrogen-bond donors (Lipinski definition) is 0. The fourth-order valence-electron chi connectivity index (χ4n) is 2.76. The van der Waals surface area contributed by atoms with Crippen LogP contribution >= 0.6 is 0 Å². The van der Waals surface area contributed by atoms with Gasteiger partial charge < -0.3 is 9.47 Å². The molecule has 0 aliphatic heterocycles. The van der Waals surface area contributed by atoms with Crippen molar-refractivity contribution >= 4 is 32.8 Å². The molecule has 0 radical (unpaired) electrons. The Morgan fingerprint density at radius 3 is 2.37 bits per heavy atom. The molecule has 7 nitrogen and oxygen atoms in total. The van der Waals surface area contributed by atoms with E-state index in [-0.39, 0.29) is 28.1 Å². The van der Waals surface area contributed by atoms with Crippen molar-refractivity contribution < 1.29 is 27.5 Å². The highest BCUT2D eigenvalue weighted by Crippen LogP contribution is 2.27. The van der Waals surface area contributed by atoms with Crippen LogP contribution in [0, 0.1) is 0 Å². The number of aromatic nitrogens is 1. The number of esters is 1. The molecule has 3 rings (SSSR count). The van der Waals surface area contributed by atoms with Crippen LogP contribution in [0.4, 0.5) is 4.79 Å².